The van der Waals surface area contributed by atoms with E-state index in [0.29, 0.717) is 10.2 Å². The van der Waals surface area contributed by atoms with Crippen molar-refractivity contribution in [1.82, 2.24) is 9.55 Å². The normalized spacial score (nSPS) is 11.1. The van der Waals surface area contributed by atoms with E-state index in [0.717, 1.165) is 33.7 Å². The highest BCUT2D eigenvalue weighted by Gasteiger charge is 2.16. The van der Waals surface area contributed by atoms with Crippen molar-refractivity contribution in [2.24, 2.45) is 0 Å². The smallest absolute Gasteiger partial charge is 0.263 e. The van der Waals surface area contributed by atoms with Crippen LogP contribution >= 0.6 is 22.7 Å². The molecule has 4 rings (SSSR count). The molecule has 0 fully saturated rings. The summed E-state index contributed by atoms with van der Waals surface area (Å²) in [6.07, 6.45) is 2.28. The van der Waals surface area contributed by atoms with Crippen molar-refractivity contribution in [3.05, 3.63) is 68.9 Å². The van der Waals surface area contributed by atoms with Crippen LogP contribution in [0.3, 0.4) is 0 Å². The van der Waals surface area contributed by atoms with Gasteiger partial charge in [0.25, 0.3) is 5.56 Å². The van der Waals surface area contributed by atoms with Gasteiger partial charge >= 0.3 is 0 Å². The maximum atomic E-state index is 13.0. The van der Waals surface area contributed by atoms with Gasteiger partial charge in [0.1, 0.15) is 11.4 Å². The SMILES string of the molecule is CCc1cccc(C)c1NC(=O)Cn1cnc2scc(-c3cccs3)c2c1=O. The van der Waals surface area contributed by atoms with E-state index in [4.69, 9.17) is 0 Å². The monoisotopic (exact) mass is 409 g/mol. The Hall–Kier alpha value is -2.77. The number of hydrogen-bond acceptors (Lipinski definition) is 5. The van der Waals surface area contributed by atoms with E-state index in [-0.39, 0.29) is 18.0 Å². The number of amides is 1. The number of hydrogen-bond donors (Lipinski definition) is 1. The van der Waals surface area contributed by atoms with Crippen molar-refractivity contribution in [3.8, 4) is 10.4 Å². The molecule has 1 aromatic carbocycles. The van der Waals surface area contributed by atoms with Gasteiger partial charge in [0, 0.05) is 21.5 Å². The van der Waals surface area contributed by atoms with Crippen LogP contribution in [0, 0.1) is 6.92 Å². The van der Waals surface area contributed by atoms with Gasteiger partial charge in [-0.2, -0.15) is 0 Å². The van der Waals surface area contributed by atoms with Gasteiger partial charge in [-0.25, -0.2) is 4.98 Å². The molecule has 0 atom stereocenters. The van der Waals surface area contributed by atoms with Crippen LogP contribution < -0.4 is 10.9 Å². The lowest BCUT2D eigenvalue weighted by Crippen LogP contribution is -2.28. The average Bonchev–Trinajstić information content (AvgIpc) is 3.35. The minimum absolute atomic E-state index is 0.0704. The predicted octanol–water partition coefficient (Wildman–Crippen LogP) is 4.70. The van der Waals surface area contributed by atoms with Crippen LogP contribution in [-0.4, -0.2) is 15.5 Å². The van der Waals surface area contributed by atoms with Crippen molar-refractivity contribution < 1.29 is 4.79 Å². The third-order valence-corrected chi connectivity index (χ3v) is 6.46. The van der Waals surface area contributed by atoms with Gasteiger partial charge < -0.3 is 5.32 Å². The molecule has 0 aliphatic heterocycles. The zero-order valence-electron chi connectivity index (χ0n) is 15.6. The lowest BCUT2D eigenvalue weighted by molar-refractivity contribution is -0.116. The largest absolute Gasteiger partial charge is 0.324 e. The summed E-state index contributed by atoms with van der Waals surface area (Å²) in [5, 5.41) is 7.48. The Labute approximate surface area is 170 Å². The van der Waals surface area contributed by atoms with Crippen molar-refractivity contribution >= 4 is 44.5 Å². The highest BCUT2D eigenvalue weighted by molar-refractivity contribution is 7.18. The second-order valence-electron chi connectivity index (χ2n) is 6.50. The fraction of sp³-hybridized carbons (Fsp3) is 0.190. The highest BCUT2D eigenvalue weighted by atomic mass is 32.1. The van der Waals surface area contributed by atoms with Gasteiger partial charge in [-0.3, -0.25) is 14.2 Å². The summed E-state index contributed by atoms with van der Waals surface area (Å²) < 4.78 is 1.38. The number of fused-ring (bicyclic) bond motifs is 1. The van der Waals surface area contributed by atoms with E-state index in [9.17, 15) is 9.59 Å². The summed E-state index contributed by atoms with van der Waals surface area (Å²) in [5.41, 5.74) is 3.60. The average molecular weight is 410 g/mol. The third kappa shape index (κ3) is 3.39. The number of aryl methyl sites for hydroxylation is 2. The first-order valence-electron chi connectivity index (χ1n) is 8.97. The fourth-order valence-electron chi connectivity index (χ4n) is 3.23. The van der Waals surface area contributed by atoms with Gasteiger partial charge in [0.05, 0.1) is 11.7 Å². The fourth-order valence-corrected chi connectivity index (χ4v) is 4.95. The number of aromatic nitrogens is 2. The topological polar surface area (TPSA) is 64.0 Å². The molecule has 3 aromatic heterocycles. The lowest BCUT2D eigenvalue weighted by atomic mass is 10.1. The number of carbonyl (C=O) groups is 1. The lowest BCUT2D eigenvalue weighted by Gasteiger charge is -2.13. The Balaban J connectivity index is 1.66. The van der Waals surface area contributed by atoms with E-state index < -0.39 is 0 Å². The van der Waals surface area contributed by atoms with Crippen LogP contribution in [0.2, 0.25) is 0 Å². The Morgan fingerprint density at radius 1 is 1.21 bits per heavy atom. The number of rotatable bonds is 5. The summed E-state index contributed by atoms with van der Waals surface area (Å²) in [7, 11) is 0. The van der Waals surface area contributed by atoms with Gasteiger partial charge in [-0.15, -0.1) is 22.7 Å². The summed E-state index contributed by atoms with van der Waals surface area (Å²) >= 11 is 3.03. The molecule has 4 aromatic rings. The number of anilines is 1. The second kappa shape index (κ2) is 7.69. The van der Waals surface area contributed by atoms with Gasteiger partial charge in [-0.1, -0.05) is 31.2 Å². The molecule has 0 saturated heterocycles. The molecule has 0 saturated carbocycles. The zero-order valence-corrected chi connectivity index (χ0v) is 17.2. The molecule has 28 heavy (non-hydrogen) atoms. The molecule has 0 radical (unpaired) electrons. The van der Waals surface area contributed by atoms with E-state index in [1.165, 1.54) is 22.2 Å². The first kappa shape index (κ1) is 18.6. The molecule has 142 valence electrons. The number of thiophene rings is 2. The Bertz CT molecular complexity index is 1210. The van der Waals surface area contributed by atoms with Gasteiger partial charge in [0.15, 0.2) is 0 Å². The Morgan fingerprint density at radius 3 is 2.82 bits per heavy atom. The van der Waals surface area contributed by atoms with Crippen molar-refractivity contribution in [1.29, 1.82) is 0 Å². The molecule has 0 spiro atoms. The van der Waals surface area contributed by atoms with Crippen LogP contribution in [-0.2, 0) is 17.8 Å². The standard InChI is InChI=1S/C21H19N3O2S2/c1-3-14-7-4-6-13(2)19(14)23-17(25)10-24-12-22-20-18(21(24)26)15(11-28-20)16-8-5-9-27-16/h4-9,11-12H,3,10H2,1-2H3,(H,23,25). The van der Waals surface area contributed by atoms with Crippen LogP contribution in [0.1, 0.15) is 18.1 Å². The molecule has 3 heterocycles. The van der Waals surface area contributed by atoms with Gasteiger partial charge in [0.2, 0.25) is 5.91 Å². The molecule has 1 amide bonds. The van der Waals surface area contributed by atoms with Crippen LogP contribution in [0.25, 0.3) is 20.7 Å². The summed E-state index contributed by atoms with van der Waals surface area (Å²) in [6.45, 7) is 3.95. The van der Waals surface area contributed by atoms with Crippen LogP contribution in [0.4, 0.5) is 5.69 Å². The third-order valence-electron chi connectivity index (χ3n) is 4.67. The molecular formula is C21H19N3O2S2. The molecule has 1 N–H and O–H groups in total. The minimum atomic E-state index is -0.236. The Kier molecular flexibility index (Phi) is 5.11. The summed E-state index contributed by atoms with van der Waals surface area (Å²) in [5.74, 6) is -0.236. The summed E-state index contributed by atoms with van der Waals surface area (Å²) in [6, 6.07) is 9.89. The molecule has 0 aliphatic carbocycles. The van der Waals surface area contributed by atoms with Gasteiger partial charge in [-0.05, 0) is 35.9 Å². The number of nitrogens with zero attached hydrogens (tertiary/aromatic N) is 2. The van der Waals surface area contributed by atoms with E-state index in [2.05, 4.69) is 17.2 Å². The predicted molar refractivity (Wildman–Crippen MR) is 116 cm³/mol. The molecule has 7 heteroatoms. The van der Waals surface area contributed by atoms with Crippen molar-refractivity contribution in [3.63, 3.8) is 0 Å². The molecule has 0 unspecified atom stereocenters. The number of para-hydroxylation sites is 1. The number of benzene rings is 1. The van der Waals surface area contributed by atoms with E-state index in [1.807, 2.05) is 48.0 Å². The molecule has 0 aliphatic rings. The number of nitrogens with one attached hydrogen (secondary N) is 1. The minimum Gasteiger partial charge on any atom is -0.324 e. The zero-order chi connectivity index (χ0) is 19.7. The number of carbonyl (C=O) groups excluding carboxylic acids is 1. The Morgan fingerprint density at radius 2 is 2.07 bits per heavy atom. The quantitative estimate of drug-likeness (QED) is 0.520. The second-order valence-corrected chi connectivity index (χ2v) is 8.30. The van der Waals surface area contributed by atoms with Crippen LogP contribution in [0.5, 0.6) is 0 Å². The van der Waals surface area contributed by atoms with Crippen molar-refractivity contribution in [2.75, 3.05) is 5.32 Å². The first-order chi connectivity index (χ1) is 13.6. The van der Waals surface area contributed by atoms with E-state index >= 15 is 0 Å². The highest BCUT2D eigenvalue weighted by Crippen LogP contribution is 2.33. The van der Waals surface area contributed by atoms with E-state index in [1.54, 1.807) is 11.3 Å². The molecule has 5 nitrogen and oxygen atoms in total. The van der Waals surface area contributed by atoms with Crippen molar-refractivity contribution in [2.45, 2.75) is 26.8 Å². The summed E-state index contributed by atoms with van der Waals surface area (Å²) in [4.78, 5) is 31.8. The first-order valence-corrected chi connectivity index (χ1v) is 10.7. The maximum absolute atomic E-state index is 13.0. The molecule has 0 bridgehead atoms. The molecular weight excluding hydrogens is 390 g/mol. The van der Waals surface area contributed by atoms with Crippen LogP contribution in [0.15, 0.2) is 52.2 Å². The maximum Gasteiger partial charge on any atom is 0.263 e.